The van der Waals surface area contributed by atoms with Crippen LogP contribution in [-0.4, -0.2) is 32.5 Å². The number of aryl methyl sites for hydroxylation is 1. The average molecular weight is 337 g/mol. The van der Waals surface area contributed by atoms with Gasteiger partial charge >= 0.3 is 0 Å². The molecule has 1 aliphatic heterocycles. The number of hydrogen-bond acceptors (Lipinski definition) is 3. The van der Waals surface area contributed by atoms with E-state index in [9.17, 15) is 9.59 Å². The van der Waals surface area contributed by atoms with Crippen molar-refractivity contribution in [1.82, 2.24) is 5.32 Å². The summed E-state index contributed by atoms with van der Waals surface area (Å²) >= 11 is 0. The molecular weight excluding hydrogens is 314 g/mol. The fourth-order valence-electron chi connectivity index (χ4n) is 2.98. The van der Waals surface area contributed by atoms with E-state index >= 15 is 0 Å². The second-order valence-corrected chi connectivity index (χ2v) is 6.45. The number of anilines is 2. The Bertz CT molecular complexity index is 769. The van der Waals surface area contributed by atoms with Crippen molar-refractivity contribution in [2.45, 2.75) is 19.4 Å². The summed E-state index contributed by atoms with van der Waals surface area (Å²) in [7, 11) is 3.98. The van der Waals surface area contributed by atoms with Gasteiger partial charge in [0.15, 0.2) is 0 Å². The molecule has 130 valence electrons. The fourth-order valence-corrected chi connectivity index (χ4v) is 2.98. The van der Waals surface area contributed by atoms with E-state index in [1.54, 1.807) is 4.90 Å². The van der Waals surface area contributed by atoms with E-state index in [-0.39, 0.29) is 18.4 Å². The third kappa shape index (κ3) is 3.99. The van der Waals surface area contributed by atoms with Gasteiger partial charge in [-0.3, -0.25) is 9.59 Å². The minimum Gasteiger partial charge on any atom is -0.378 e. The molecule has 0 aliphatic carbocycles. The minimum absolute atomic E-state index is 0.00388. The summed E-state index contributed by atoms with van der Waals surface area (Å²) in [6.45, 7) is 0.516. The Morgan fingerprint density at radius 1 is 1.08 bits per heavy atom. The normalized spacial score (nSPS) is 13.4. The molecule has 2 amide bonds. The summed E-state index contributed by atoms with van der Waals surface area (Å²) in [5.74, 6) is -0.147. The SMILES string of the molecule is CN(C)c1ccc(CNC(=O)CN2C(=O)CCc3ccccc32)cc1. The molecule has 0 saturated heterocycles. The highest BCUT2D eigenvalue weighted by atomic mass is 16.2. The Kier molecular flexibility index (Phi) is 5.03. The zero-order chi connectivity index (χ0) is 17.8. The summed E-state index contributed by atoms with van der Waals surface area (Å²) in [5, 5.41) is 2.90. The first-order chi connectivity index (χ1) is 12.0. The topological polar surface area (TPSA) is 52.7 Å². The van der Waals surface area contributed by atoms with E-state index in [1.165, 1.54) is 0 Å². The number of para-hydroxylation sites is 1. The van der Waals surface area contributed by atoms with E-state index in [4.69, 9.17) is 0 Å². The Balaban J connectivity index is 1.60. The molecule has 1 aliphatic rings. The van der Waals surface area contributed by atoms with Crippen molar-refractivity contribution >= 4 is 23.2 Å². The smallest absolute Gasteiger partial charge is 0.240 e. The molecule has 0 atom stereocenters. The maximum atomic E-state index is 12.3. The van der Waals surface area contributed by atoms with Gasteiger partial charge in [-0.1, -0.05) is 30.3 Å². The lowest BCUT2D eigenvalue weighted by Gasteiger charge is -2.28. The highest BCUT2D eigenvalue weighted by Gasteiger charge is 2.25. The van der Waals surface area contributed by atoms with Gasteiger partial charge in [-0.15, -0.1) is 0 Å². The van der Waals surface area contributed by atoms with E-state index in [0.717, 1.165) is 28.9 Å². The quantitative estimate of drug-likeness (QED) is 0.911. The van der Waals surface area contributed by atoms with Crippen molar-refractivity contribution in [2.75, 3.05) is 30.4 Å². The predicted octanol–water partition coefficient (Wildman–Crippen LogP) is 2.35. The molecule has 25 heavy (non-hydrogen) atoms. The summed E-state index contributed by atoms with van der Waals surface area (Å²) < 4.78 is 0. The van der Waals surface area contributed by atoms with Crippen LogP contribution in [0.4, 0.5) is 11.4 Å². The second kappa shape index (κ2) is 7.38. The molecule has 0 bridgehead atoms. The van der Waals surface area contributed by atoms with Crippen molar-refractivity contribution in [3.63, 3.8) is 0 Å². The molecule has 1 heterocycles. The van der Waals surface area contributed by atoms with E-state index < -0.39 is 0 Å². The van der Waals surface area contributed by atoms with Crippen LogP contribution in [0, 0.1) is 0 Å². The molecule has 0 unspecified atom stereocenters. The van der Waals surface area contributed by atoms with Crippen LogP contribution < -0.4 is 15.1 Å². The minimum atomic E-state index is -0.151. The maximum absolute atomic E-state index is 12.3. The van der Waals surface area contributed by atoms with E-state index in [1.807, 2.05) is 67.5 Å². The number of rotatable bonds is 5. The van der Waals surface area contributed by atoms with Gasteiger partial charge in [-0.2, -0.15) is 0 Å². The molecule has 0 spiro atoms. The Labute approximate surface area is 148 Å². The molecule has 5 heteroatoms. The standard InChI is InChI=1S/C20H23N3O2/c1-22(2)17-10-7-15(8-11-17)13-21-19(24)14-23-18-6-4-3-5-16(18)9-12-20(23)25/h3-8,10-11H,9,12-14H2,1-2H3,(H,21,24). The van der Waals surface area contributed by atoms with Gasteiger partial charge in [-0.25, -0.2) is 0 Å². The average Bonchev–Trinajstić information content (AvgIpc) is 2.63. The van der Waals surface area contributed by atoms with Gasteiger partial charge < -0.3 is 15.1 Å². The van der Waals surface area contributed by atoms with Crippen LogP contribution in [-0.2, 0) is 22.6 Å². The summed E-state index contributed by atoms with van der Waals surface area (Å²) in [4.78, 5) is 28.1. The molecule has 0 saturated carbocycles. The van der Waals surface area contributed by atoms with Gasteiger partial charge in [0.05, 0.1) is 0 Å². The van der Waals surface area contributed by atoms with Crippen molar-refractivity contribution in [3.05, 3.63) is 59.7 Å². The van der Waals surface area contributed by atoms with E-state index in [0.29, 0.717) is 13.0 Å². The van der Waals surface area contributed by atoms with Crippen LogP contribution in [0.5, 0.6) is 0 Å². The number of nitrogens with one attached hydrogen (secondary N) is 1. The first-order valence-electron chi connectivity index (χ1n) is 8.46. The second-order valence-electron chi connectivity index (χ2n) is 6.45. The van der Waals surface area contributed by atoms with Gasteiger partial charge in [0.25, 0.3) is 0 Å². The number of amides is 2. The number of fused-ring (bicyclic) bond motifs is 1. The van der Waals surface area contributed by atoms with Crippen molar-refractivity contribution in [2.24, 2.45) is 0 Å². The lowest BCUT2D eigenvalue weighted by Crippen LogP contribution is -2.42. The third-order valence-electron chi connectivity index (χ3n) is 4.44. The third-order valence-corrected chi connectivity index (χ3v) is 4.44. The zero-order valence-electron chi connectivity index (χ0n) is 14.7. The molecule has 2 aromatic rings. The summed E-state index contributed by atoms with van der Waals surface area (Å²) in [5.41, 5.74) is 4.12. The highest BCUT2D eigenvalue weighted by molar-refractivity contribution is 6.00. The molecule has 3 rings (SSSR count). The lowest BCUT2D eigenvalue weighted by molar-refractivity contribution is -0.124. The van der Waals surface area contributed by atoms with Gasteiger partial charge in [0.2, 0.25) is 11.8 Å². The number of nitrogens with zero attached hydrogens (tertiary/aromatic N) is 2. The molecule has 5 nitrogen and oxygen atoms in total. The Morgan fingerprint density at radius 2 is 1.80 bits per heavy atom. The van der Waals surface area contributed by atoms with Crippen molar-refractivity contribution < 1.29 is 9.59 Å². The summed E-state index contributed by atoms with van der Waals surface area (Å²) in [6.07, 6.45) is 1.20. The fraction of sp³-hybridized carbons (Fsp3) is 0.300. The number of hydrogen-bond donors (Lipinski definition) is 1. The van der Waals surface area contributed by atoms with Crippen molar-refractivity contribution in [3.8, 4) is 0 Å². The van der Waals surface area contributed by atoms with Gasteiger partial charge in [-0.05, 0) is 35.7 Å². The monoisotopic (exact) mass is 337 g/mol. The van der Waals surface area contributed by atoms with E-state index in [2.05, 4.69) is 5.32 Å². The van der Waals surface area contributed by atoms with Crippen LogP contribution in [0.3, 0.4) is 0 Å². The van der Waals surface area contributed by atoms with Crippen LogP contribution in [0.2, 0.25) is 0 Å². The number of benzene rings is 2. The predicted molar refractivity (Wildman–Crippen MR) is 99.7 cm³/mol. The van der Waals surface area contributed by atoms with Gasteiger partial charge in [0.1, 0.15) is 6.54 Å². The Hall–Kier alpha value is -2.82. The van der Waals surface area contributed by atoms with Crippen molar-refractivity contribution in [1.29, 1.82) is 0 Å². The summed E-state index contributed by atoms with van der Waals surface area (Å²) in [6, 6.07) is 15.8. The molecule has 0 aromatic heterocycles. The van der Waals surface area contributed by atoms with Crippen LogP contribution in [0.15, 0.2) is 48.5 Å². The molecule has 0 fully saturated rings. The molecule has 0 radical (unpaired) electrons. The van der Waals surface area contributed by atoms with Gasteiger partial charge in [0, 0.05) is 38.4 Å². The Morgan fingerprint density at radius 3 is 2.52 bits per heavy atom. The number of carbonyl (C=O) groups is 2. The van der Waals surface area contributed by atoms with Crippen LogP contribution >= 0.6 is 0 Å². The first kappa shape index (κ1) is 17.0. The maximum Gasteiger partial charge on any atom is 0.240 e. The zero-order valence-corrected chi connectivity index (χ0v) is 14.7. The van der Waals surface area contributed by atoms with Crippen LogP contribution in [0.25, 0.3) is 0 Å². The van der Waals surface area contributed by atoms with Crippen LogP contribution in [0.1, 0.15) is 17.5 Å². The molecular formula is C20H23N3O2. The molecule has 2 aromatic carbocycles. The molecule has 1 N–H and O–H groups in total. The lowest BCUT2D eigenvalue weighted by atomic mass is 10.0. The highest BCUT2D eigenvalue weighted by Crippen LogP contribution is 2.27. The first-order valence-corrected chi connectivity index (χ1v) is 8.46. The number of carbonyl (C=O) groups excluding carboxylic acids is 2. The largest absolute Gasteiger partial charge is 0.378 e.